The Balaban J connectivity index is 2.83. The molecule has 0 saturated heterocycles. The van der Waals surface area contributed by atoms with E-state index < -0.39 is 0 Å². The molecule has 12 heavy (non-hydrogen) atoms. The molecule has 0 radical (unpaired) electrons. The van der Waals surface area contributed by atoms with E-state index in [0.29, 0.717) is 12.8 Å². The zero-order valence-corrected chi connectivity index (χ0v) is 8.35. The van der Waals surface area contributed by atoms with Crippen molar-refractivity contribution in [1.82, 2.24) is 0 Å². The summed E-state index contributed by atoms with van der Waals surface area (Å²) in [6.07, 6.45) is 0.755. The highest BCUT2D eigenvalue weighted by atomic mass is 16.3. The maximum absolute atomic E-state index is 11.6. The van der Waals surface area contributed by atoms with Crippen LogP contribution in [0.2, 0.25) is 0 Å². The Morgan fingerprint density at radius 2 is 1.83 bits per heavy atom. The van der Waals surface area contributed by atoms with E-state index in [1.807, 2.05) is 27.7 Å². The highest BCUT2D eigenvalue weighted by Crippen LogP contribution is 2.42. The van der Waals surface area contributed by atoms with E-state index in [-0.39, 0.29) is 22.7 Å². The molecule has 70 valence electrons. The van der Waals surface area contributed by atoms with Crippen LogP contribution in [0.1, 0.15) is 40.5 Å². The molecule has 1 aliphatic rings. The van der Waals surface area contributed by atoms with Crippen LogP contribution in [0.4, 0.5) is 0 Å². The van der Waals surface area contributed by atoms with E-state index >= 15 is 0 Å². The molecule has 0 heterocycles. The first-order valence-corrected chi connectivity index (χ1v) is 4.47. The first-order chi connectivity index (χ1) is 5.26. The molecule has 1 fully saturated rings. The summed E-state index contributed by atoms with van der Waals surface area (Å²) in [6.45, 7) is 7.72. The first kappa shape index (κ1) is 9.72. The lowest BCUT2D eigenvalue weighted by atomic mass is 9.64. The van der Waals surface area contributed by atoms with Crippen LogP contribution in [-0.4, -0.2) is 17.0 Å². The molecule has 1 atom stereocenters. The second kappa shape index (κ2) is 2.56. The number of hydrogen-bond donors (Lipinski definition) is 1. The van der Waals surface area contributed by atoms with Gasteiger partial charge in [-0.2, -0.15) is 0 Å². The number of ketones is 1. The van der Waals surface area contributed by atoms with Gasteiger partial charge in [-0.3, -0.25) is 4.79 Å². The van der Waals surface area contributed by atoms with E-state index in [0.717, 1.165) is 0 Å². The van der Waals surface area contributed by atoms with Gasteiger partial charge in [-0.05, 0) is 11.8 Å². The third kappa shape index (κ3) is 1.53. The van der Waals surface area contributed by atoms with Gasteiger partial charge in [0.05, 0.1) is 6.10 Å². The number of aliphatic hydroxyl groups excluding tert-OH is 1. The van der Waals surface area contributed by atoms with Crippen LogP contribution in [0.15, 0.2) is 0 Å². The van der Waals surface area contributed by atoms with E-state index in [1.54, 1.807) is 0 Å². The van der Waals surface area contributed by atoms with Gasteiger partial charge in [0.1, 0.15) is 5.78 Å². The Hall–Kier alpha value is -0.370. The number of carbonyl (C=O) groups excluding carboxylic acids is 1. The summed E-state index contributed by atoms with van der Waals surface area (Å²) < 4.78 is 0. The van der Waals surface area contributed by atoms with Crippen LogP contribution in [0.25, 0.3) is 0 Å². The lowest BCUT2D eigenvalue weighted by molar-refractivity contribution is -0.140. The number of rotatable bonds is 0. The van der Waals surface area contributed by atoms with Crippen LogP contribution in [0.3, 0.4) is 0 Å². The van der Waals surface area contributed by atoms with Crippen molar-refractivity contribution in [2.45, 2.75) is 46.6 Å². The van der Waals surface area contributed by atoms with Crippen molar-refractivity contribution >= 4 is 5.78 Å². The van der Waals surface area contributed by atoms with Crippen molar-refractivity contribution in [3.63, 3.8) is 0 Å². The van der Waals surface area contributed by atoms with Crippen molar-refractivity contribution in [2.24, 2.45) is 10.8 Å². The molecule has 0 bridgehead atoms. The third-order valence-corrected chi connectivity index (χ3v) is 2.98. The van der Waals surface area contributed by atoms with Crippen molar-refractivity contribution in [1.29, 1.82) is 0 Å². The summed E-state index contributed by atoms with van der Waals surface area (Å²) in [6, 6.07) is 0. The molecule has 1 rings (SSSR count). The fraction of sp³-hybridized carbons (Fsp3) is 0.900. The lowest BCUT2D eigenvalue weighted by Gasteiger charge is -2.41. The fourth-order valence-corrected chi connectivity index (χ4v) is 1.64. The summed E-state index contributed by atoms with van der Waals surface area (Å²) in [5.74, 6) is 0.276. The molecule has 0 amide bonds. The second-order valence-electron chi connectivity index (χ2n) is 5.19. The quantitative estimate of drug-likeness (QED) is 0.601. The van der Waals surface area contributed by atoms with Gasteiger partial charge in [0.15, 0.2) is 0 Å². The molecule has 2 nitrogen and oxygen atoms in total. The molecule has 0 aromatic heterocycles. The maximum Gasteiger partial charge on any atom is 0.139 e. The Kier molecular flexibility index (Phi) is 2.07. The number of carbonyl (C=O) groups is 1. The van der Waals surface area contributed by atoms with Crippen LogP contribution in [0, 0.1) is 10.8 Å². The van der Waals surface area contributed by atoms with E-state index in [2.05, 4.69) is 0 Å². The maximum atomic E-state index is 11.6. The molecule has 1 saturated carbocycles. The average Bonchev–Trinajstić information content (AvgIpc) is 1.82. The summed E-state index contributed by atoms with van der Waals surface area (Å²) in [5.41, 5.74) is -0.554. The van der Waals surface area contributed by atoms with Crippen LogP contribution in [0.5, 0.6) is 0 Å². The lowest BCUT2D eigenvalue weighted by Crippen LogP contribution is -2.45. The Morgan fingerprint density at radius 1 is 1.33 bits per heavy atom. The van der Waals surface area contributed by atoms with Gasteiger partial charge in [-0.25, -0.2) is 0 Å². The van der Waals surface area contributed by atoms with Crippen LogP contribution < -0.4 is 0 Å². The zero-order chi connectivity index (χ0) is 9.57. The highest BCUT2D eigenvalue weighted by molar-refractivity contribution is 5.85. The predicted octanol–water partition coefficient (Wildman–Crippen LogP) is 1.76. The molecule has 0 aromatic carbocycles. The topological polar surface area (TPSA) is 37.3 Å². The predicted molar refractivity (Wildman–Crippen MR) is 47.8 cm³/mol. The van der Waals surface area contributed by atoms with Gasteiger partial charge >= 0.3 is 0 Å². The molecular weight excluding hydrogens is 152 g/mol. The Bertz CT molecular complexity index is 204. The summed E-state index contributed by atoms with van der Waals surface area (Å²) in [4.78, 5) is 11.6. The number of aliphatic hydroxyl groups is 1. The van der Waals surface area contributed by atoms with Crippen LogP contribution in [-0.2, 0) is 4.79 Å². The zero-order valence-electron chi connectivity index (χ0n) is 8.35. The van der Waals surface area contributed by atoms with Gasteiger partial charge in [-0.15, -0.1) is 0 Å². The Morgan fingerprint density at radius 3 is 2.25 bits per heavy atom. The van der Waals surface area contributed by atoms with Crippen molar-refractivity contribution in [2.75, 3.05) is 0 Å². The van der Waals surface area contributed by atoms with E-state index in [9.17, 15) is 9.90 Å². The molecule has 0 spiro atoms. The summed E-state index contributed by atoms with van der Waals surface area (Å²) >= 11 is 0. The van der Waals surface area contributed by atoms with Gasteiger partial charge in [-0.1, -0.05) is 27.7 Å². The fourth-order valence-electron chi connectivity index (χ4n) is 1.64. The SMILES string of the molecule is CC1(C)CC(O)C(C)(C)CC1=O. The van der Waals surface area contributed by atoms with Crippen molar-refractivity contribution in [3.05, 3.63) is 0 Å². The van der Waals surface area contributed by atoms with Crippen LogP contribution >= 0.6 is 0 Å². The van der Waals surface area contributed by atoms with Crippen molar-refractivity contribution < 1.29 is 9.90 Å². The minimum Gasteiger partial charge on any atom is -0.393 e. The number of Topliss-reactive ketones (excluding diaryl/α,β-unsaturated/α-hetero) is 1. The largest absolute Gasteiger partial charge is 0.393 e. The molecular formula is C10H18O2. The highest BCUT2D eigenvalue weighted by Gasteiger charge is 2.44. The molecule has 0 aromatic rings. The normalized spacial score (nSPS) is 33.4. The minimum absolute atomic E-state index is 0.230. The summed E-state index contributed by atoms with van der Waals surface area (Å²) in [5, 5.41) is 9.74. The molecule has 1 aliphatic carbocycles. The van der Waals surface area contributed by atoms with Gasteiger partial charge < -0.3 is 5.11 Å². The standard InChI is InChI=1S/C10H18O2/c1-9(2)5-8(12)10(3,4)6-7(9)11/h7,11H,5-6H2,1-4H3. The minimum atomic E-state index is -0.342. The van der Waals surface area contributed by atoms with Crippen molar-refractivity contribution in [3.8, 4) is 0 Å². The monoisotopic (exact) mass is 170 g/mol. The van der Waals surface area contributed by atoms with E-state index in [1.165, 1.54) is 0 Å². The average molecular weight is 170 g/mol. The number of hydrogen-bond acceptors (Lipinski definition) is 2. The van der Waals surface area contributed by atoms with Gasteiger partial charge in [0.2, 0.25) is 0 Å². The second-order valence-corrected chi connectivity index (χ2v) is 5.19. The molecule has 1 unspecified atom stereocenters. The first-order valence-electron chi connectivity index (χ1n) is 4.47. The van der Waals surface area contributed by atoms with Gasteiger partial charge in [0, 0.05) is 11.8 Å². The van der Waals surface area contributed by atoms with E-state index in [4.69, 9.17) is 0 Å². The third-order valence-electron chi connectivity index (χ3n) is 2.98. The Labute approximate surface area is 74.0 Å². The summed E-state index contributed by atoms with van der Waals surface area (Å²) in [7, 11) is 0. The molecule has 0 aliphatic heterocycles. The smallest absolute Gasteiger partial charge is 0.139 e. The molecule has 2 heteroatoms. The molecule has 1 N–H and O–H groups in total. The van der Waals surface area contributed by atoms with Gasteiger partial charge in [0.25, 0.3) is 0 Å².